The van der Waals surface area contributed by atoms with E-state index in [0.29, 0.717) is 40.0 Å². The van der Waals surface area contributed by atoms with E-state index in [2.05, 4.69) is 17.6 Å². The van der Waals surface area contributed by atoms with Crippen molar-refractivity contribution in [1.29, 1.82) is 0 Å². The van der Waals surface area contributed by atoms with E-state index in [1.54, 1.807) is 12.1 Å². The fraction of sp³-hybridized carbons (Fsp3) is 0.409. The standard InChI is InChI=1S/C22H26N4O3S/c1-4-29-16-8-6-15(7-9-16)23-22(28)25-19-14(3)18-20(30-19)24-17-10-5-13(2)11-12-26(17)21(18)27/h6-9,13H,4-5,10-12H2,1-3H3,(H2,23,25,28). The molecule has 0 bridgehead atoms. The Hall–Kier alpha value is -2.87. The number of hydrogen-bond donors (Lipinski definition) is 2. The average Bonchev–Trinajstić information content (AvgIpc) is 2.89. The number of aromatic nitrogens is 2. The highest BCUT2D eigenvalue weighted by atomic mass is 32.1. The molecule has 0 saturated heterocycles. The van der Waals surface area contributed by atoms with Crippen molar-refractivity contribution < 1.29 is 9.53 Å². The van der Waals surface area contributed by atoms with Crippen molar-refractivity contribution in [2.24, 2.45) is 5.92 Å². The number of ether oxygens (including phenoxy) is 1. The Morgan fingerprint density at radius 3 is 2.77 bits per heavy atom. The van der Waals surface area contributed by atoms with E-state index in [1.165, 1.54) is 11.3 Å². The van der Waals surface area contributed by atoms with Gasteiger partial charge in [0.25, 0.3) is 5.56 Å². The van der Waals surface area contributed by atoms with Crippen molar-refractivity contribution in [3.63, 3.8) is 0 Å². The predicted octanol–water partition coefficient (Wildman–Crippen LogP) is 4.78. The highest BCUT2D eigenvalue weighted by molar-refractivity contribution is 7.22. The van der Waals surface area contributed by atoms with Gasteiger partial charge in [-0.05, 0) is 62.4 Å². The number of carbonyl (C=O) groups excluding carboxylic acids is 1. The number of nitrogens with one attached hydrogen (secondary N) is 2. The molecular weight excluding hydrogens is 400 g/mol. The molecule has 3 aromatic rings. The first kappa shape index (κ1) is 20.4. The van der Waals surface area contributed by atoms with E-state index < -0.39 is 0 Å². The monoisotopic (exact) mass is 426 g/mol. The van der Waals surface area contributed by atoms with Gasteiger partial charge in [0.1, 0.15) is 21.4 Å². The van der Waals surface area contributed by atoms with Gasteiger partial charge in [0.15, 0.2) is 0 Å². The third kappa shape index (κ3) is 4.05. The van der Waals surface area contributed by atoms with Gasteiger partial charge in [-0.15, -0.1) is 0 Å². The van der Waals surface area contributed by atoms with E-state index >= 15 is 0 Å². The van der Waals surface area contributed by atoms with Crippen molar-refractivity contribution in [3.8, 4) is 5.75 Å². The Balaban J connectivity index is 1.56. The van der Waals surface area contributed by atoms with Crippen LogP contribution in [0, 0.1) is 12.8 Å². The number of nitrogens with zero attached hydrogens (tertiary/aromatic N) is 2. The second-order valence-corrected chi connectivity index (χ2v) is 8.69. The highest BCUT2D eigenvalue weighted by Gasteiger charge is 2.21. The van der Waals surface area contributed by atoms with Gasteiger partial charge in [0.2, 0.25) is 0 Å². The SMILES string of the molecule is CCOc1ccc(NC(=O)Nc2sc3nc4n(c(=O)c3c2C)CCC(C)CC4)cc1. The van der Waals surface area contributed by atoms with Crippen LogP contribution in [0.5, 0.6) is 5.75 Å². The van der Waals surface area contributed by atoms with Gasteiger partial charge in [-0.25, -0.2) is 9.78 Å². The maximum Gasteiger partial charge on any atom is 0.324 e. The number of amides is 2. The maximum absolute atomic E-state index is 13.1. The zero-order chi connectivity index (χ0) is 21.3. The number of hydrogen-bond acceptors (Lipinski definition) is 5. The van der Waals surface area contributed by atoms with E-state index in [4.69, 9.17) is 9.72 Å². The number of rotatable bonds is 4. The molecule has 1 aliphatic heterocycles. The summed E-state index contributed by atoms with van der Waals surface area (Å²) in [5.74, 6) is 2.20. The van der Waals surface area contributed by atoms with Crippen LogP contribution in [-0.4, -0.2) is 22.2 Å². The fourth-order valence-corrected chi connectivity index (χ4v) is 4.82. The zero-order valence-corrected chi connectivity index (χ0v) is 18.3. The lowest BCUT2D eigenvalue weighted by Crippen LogP contribution is -2.24. The summed E-state index contributed by atoms with van der Waals surface area (Å²) in [5, 5.41) is 6.94. The number of aryl methyl sites for hydroxylation is 2. The molecule has 8 heteroatoms. The predicted molar refractivity (Wildman–Crippen MR) is 121 cm³/mol. The summed E-state index contributed by atoms with van der Waals surface area (Å²) in [6.45, 7) is 7.30. The normalized spacial score (nSPS) is 16.0. The quantitative estimate of drug-likeness (QED) is 0.629. The second-order valence-electron chi connectivity index (χ2n) is 7.69. The molecular formula is C22H26N4O3S. The lowest BCUT2D eigenvalue weighted by molar-refractivity contribution is 0.262. The minimum atomic E-state index is -0.357. The van der Waals surface area contributed by atoms with Crippen molar-refractivity contribution in [2.75, 3.05) is 17.2 Å². The van der Waals surface area contributed by atoms with E-state index in [0.717, 1.165) is 36.4 Å². The first-order valence-electron chi connectivity index (χ1n) is 10.3. The Labute approximate surface area is 179 Å². The van der Waals surface area contributed by atoms with Crippen molar-refractivity contribution in [2.45, 2.75) is 46.6 Å². The van der Waals surface area contributed by atoms with Gasteiger partial charge in [0, 0.05) is 18.7 Å². The lowest BCUT2D eigenvalue weighted by atomic mass is 10.0. The summed E-state index contributed by atoms with van der Waals surface area (Å²) in [5.41, 5.74) is 1.42. The van der Waals surface area contributed by atoms with Crippen LogP contribution < -0.4 is 20.9 Å². The molecule has 4 rings (SSSR count). The van der Waals surface area contributed by atoms with Crippen LogP contribution in [-0.2, 0) is 13.0 Å². The minimum absolute atomic E-state index is 0.00202. The van der Waals surface area contributed by atoms with Gasteiger partial charge < -0.3 is 10.1 Å². The van der Waals surface area contributed by atoms with E-state index in [1.807, 2.05) is 30.5 Å². The molecule has 158 valence electrons. The summed E-state index contributed by atoms with van der Waals surface area (Å²) < 4.78 is 7.23. The van der Waals surface area contributed by atoms with Crippen LogP contribution in [0.4, 0.5) is 15.5 Å². The third-order valence-corrected chi connectivity index (χ3v) is 6.59. The molecule has 0 aliphatic carbocycles. The number of thiophene rings is 1. The van der Waals surface area contributed by atoms with Crippen molar-refractivity contribution in [3.05, 3.63) is 46.0 Å². The number of urea groups is 1. The minimum Gasteiger partial charge on any atom is -0.494 e. The number of carbonyl (C=O) groups is 1. The lowest BCUT2D eigenvalue weighted by Gasteiger charge is -2.09. The molecule has 1 unspecified atom stereocenters. The van der Waals surface area contributed by atoms with Crippen LogP contribution in [0.15, 0.2) is 29.1 Å². The number of benzene rings is 1. The largest absolute Gasteiger partial charge is 0.494 e. The third-order valence-electron chi connectivity index (χ3n) is 5.49. The Kier molecular flexibility index (Phi) is 5.76. The summed E-state index contributed by atoms with van der Waals surface area (Å²) >= 11 is 1.35. The number of anilines is 2. The van der Waals surface area contributed by atoms with Gasteiger partial charge in [0.05, 0.1) is 12.0 Å². The van der Waals surface area contributed by atoms with Crippen LogP contribution >= 0.6 is 11.3 Å². The fourth-order valence-electron chi connectivity index (χ4n) is 3.74. The Bertz CT molecular complexity index is 1130. The van der Waals surface area contributed by atoms with Crippen molar-refractivity contribution in [1.82, 2.24) is 9.55 Å². The second kappa shape index (κ2) is 8.47. The summed E-state index contributed by atoms with van der Waals surface area (Å²) in [4.78, 5) is 31.1. The zero-order valence-electron chi connectivity index (χ0n) is 17.4. The molecule has 2 amide bonds. The first-order chi connectivity index (χ1) is 14.5. The van der Waals surface area contributed by atoms with Crippen LogP contribution in [0.1, 0.15) is 38.1 Å². The van der Waals surface area contributed by atoms with Gasteiger partial charge in [-0.1, -0.05) is 18.3 Å². The van der Waals surface area contributed by atoms with Crippen LogP contribution in [0.2, 0.25) is 0 Å². The molecule has 0 fully saturated rings. The van der Waals surface area contributed by atoms with Crippen LogP contribution in [0.25, 0.3) is 10.2 Å². The molecule has 0 spiro atoms. The van der Waals surface area contributed by atoms with Crippen LogP contribution in [0.3, 0.4) is 0 Å². The molecule has 1 aromatic carbocycles. The summed E-state index contributed by atoms with van der Waals surface area (Å²) in [7, 11) is 0. The first-order valence-corrected chi connectivity index (χ1v) is 11.1. The molecule has 2 aromatic heterocycles. The molecule has 1 aliphatic rings. The highest BCUT2D eigenvalue weighted by Crippen LogP contribution is 2.33. The number of fused-ring (bicyclic) bond motifs is 2. The summed E-state index contributed by atoms with van der Waals surface area (Å²) in [6, 6.07) is 6.83. The van der Waals surface area contributed by atoms with E-state index in [9.17, 15) is 9.59 Å². The summed E-state index contributed by atoms with van der Waals surface area (Å²) in [6.07, 6.45) is 2.83. The molecule has 2 N–H and O–H groups in total. The van der Waals surface area contributed by atoms with Gasteiger partial charge in [-0.3, -0.25) is 14.7 Å². The molecule has 1 atom stereocenters. The smallest absolute Gasteiger partial charge is 0.324 e. The van der Waals surface area contributed by atoms with Crippen molar-refractivity contribution >= 4 is 38.3 Å². The topological polar surface area (TPSA) is 85.2 Å². The molecule has 7 nitrogen and oxygen atoms in total. The molecule has 30 heavy (non-hydrogen) atoms. The Morgan fingerprint density at radius 2 is 2.03 bits per heavy atom. The van der Waals surface area contributed by atoms with E-state index in [-0.39, 0.29) is 11.6 Å². The maximum atomic E-state index is 13.1. The molecule has 3 heterocycles. The van der Waals surface area contributed by atoms with Gasteiger partial charge in [-0.2, -0.15) is 0 Å². The Morgan fingerprint density at radius 1 is 1.27 bits per heavy atom. The molecule has 0 saturated carbocycles. The molecule has 0 radical (unpaired) electrons. The average molecular weight is 427 g/mol. The van der Waals surface area contributed by atoms with Gasteiger partial charge >= 0.3 is 6.03 Å².